The van der Waals surface area contributed by atoms with E-state index in [0.29, 0.717) is 11.3 Å². The lowest BCUT2D eigenvalue weighted by Gasteiger charge is -2.28. The van der Waals surface area contributed by atoms with Crippen LogP contribution in [-0.2, 0) is 4.79 Å². The molecule has 1 amide bonds. The van der Waals surface area contributed by atoms with E-state index in [1.807, 2.05) is 4.90 Å². The SMILES string of the molecule is CC(=O)N1CC[C@@](C)(C(C)C)C1. The lowest BCUT2D eigenvalue weighted by atomic mass is 9.78. The fourth-order valence-electron chi connectivity index (χ4n) is 1.72. The molecular weight excluding hydrogens is 150 g/mol. The van der Waals surface area contributed by atoms with Gasteiger partial charge >= 0.3 is 0 Å². The first-order valence-corrected chi connectivity index (χ1v) is 4.71. The third kappa shape index (κ3) is 1.62. The molecule has 70 valence electrons. The predicted octanol–water partition coefficient (Wildman–Crippen LogP) is 1.90. The maximum atomic E-state index is 11.1. The number of carbonyl (C=O) groups excluding carboxylic acids is 1. The van der Waals surface area contributed by atoms with Gasteiger partial charge in [0.25, 0.3) is 0 Å². The molecule has 0 bridgehead atoms. The van der Waals surface area contributed by atoms with Crippen LogP contribution in [0.15, 0.2) is 0 Å². The molecule has 0 aliphatic carbocycles. The number of hydrogen-bond acceptors (Lipinski definition) is 1. The van der Waals surface area contributed by atoms with Crippen molar-refractivity contribution in [1.29, 1.82) is 0 Å². The summed E-state index contributed by atoms with van der Waals surface area (Å²) in [6.45, 7) is 10.3. The number of rotatable bonds is 1. The Morgan fingerprint density at radius 1 is 1.50 bits per heavy atom. The van der Waals surface area contributed by atoms with Gasteiger partial charge in [-0.25, -0.2) is 0 Å². The Morgan fingerprint density at radius 3 is 2.33 bits per heavy atom. The van der Waals surface area contributed by atoms with E-state index >= 15 is 0 Å². The molecule has 0 N–H and O–H groups in total. The van der Waals surface area contributed by atoms with Gasteiger partial charge < -0.3 is 4.90 Å². The first-order valence-electron chi connectivity index (χ1n) is 4.71. The van der Waals surface area contributed by atoms with Crippen molar-refractivity contribution >= 4 is 5.91 Å². The summed E-state index contributed by atoms with van der Waals surface area (Å²) < 4.78 is 0. The van der Waals surface area contributed by atoms with E-state index in [9.17, 15) is 4.79 Å². The van der Waals surface area contributed by atoms with Crippen LogP contribution in [0.4, 0.5) is 0 Å². The van der Waals surface area contributed by atoms with Crippen LogP contribution in [-0.4, -0.2) is 23.9 Å². The molecule has 0 saturated carbocycles. The second kappa shape index (κ2) is 3.08. The zero-order valence-corrected chi connectivity index (χ0v) is 8.55. The van der Waals surface area contributed by atoms with E-state index in [2.05, 4.69) is 20.8 Å². The topological polar surface area (TPSA) is 20.3 Å². The number of nitrogens with zero attached hydrogens (tertiary/aromatic N) is 1. The maximum Gasteiger partial charge on any atom is 0.219 e. The Balaban J connectivity index is 2.60. The van der Waals surface area contributed by atoms with E-state index in [0.717, 1.165) is 19.5 Å². The van der Waals surface area contributed by atoms with Gasteiger partial charge in [0.1, 0.15) is 0 Å². The smallest absolute Gasteiger partial charge is 0.219 e. The average Bonchev–Trinajstić information content (AvgIpc) is 2.33. The van der Waals surface area contributed by atoms with Crippen LogP contribution in [0.1, 0.15) is 34.1 Å². The average molecular weight is 169 g/mol. The molecule has 1 rings (SSSR count). The molecule has 1 fully saturated rings. The van der Waals surface area contributed by atoms with Crippen molar-refractivity contribution in [3.8, 4) is 0 Å². The number of likely N-dealkylation sites (tertiary alicyclic amines) is 1. The lowest BCUT2D eigenvalue weighted by Crippen LogP contribution is -2.31. The van der Waals surface area contributed by atoms with Gasteiger partial charge in [-0.15, -0.1) is 0 Å². The number of amides is 1. The van der Waals surface area contributed by atoms with Gasteiger partial charge in [-0.1, -0.05) is 20.8 Å². The Kier molecular flexibility index (Phi) is 2.45. The minimum atomic E-state index is 0.222. The highest BCUT2D eigenvalue weighted by Crippen LogP contribution is 2.36. The first-order chi connectivity index (χ1) is 5.46. The molecule has 1 aliphatic rings. The highest BCUT2D eigenvalue weighted by Gasteiger charge is 2.37. The zero-order chi connectivity index (χ0) is 9.35. The van der Waals surface area contributed by atoms with Crippen molar-refractivity contribution in [3.05, 3.63) is 0 Å². The first kappa shape index (κ1) is 9.56. The Bertz CT molecular complexity index is 188. The summed E-state index contributed by atoms with van der Waals surface area (Å²) in [6.07, 6.45) is 1.16. The molecule has 0 aromatic heterocycles. The van der Waals surface area contributed by atoms with Crippen molar-refractivity contribution in [2.75, 3.05) is 13.1 Å². The van der Waals surface area contributed by atoms with E-state index in [1.54, 1.807) is 6.92 Å². The van der Waals surface area contributed by atoms with Crippen LogP contribution in [0.5, 0.6) is 0 Å². The summed E-state index contributed by atoms with van der Waals surface area (Å²) in [5.74, 6) is 0.890. The minimum Gasteiger partial charge on any atom is -0.342 e. The minimum absolute atomic E-state index is 0.222. The van der Waals surface area contributed by atoms with Crippen molar-refractivity contribution in [3.63, 3.8) is 0 Å². The molecular formula is C10H19NO. The van der Waals surface area contributed by atoms with Gasteiger partial charge in [0.05, 0.1) is 0 Å². The van der Waals surface area contributed by atoms with Gasteiger partial charge in [0.2, 0.25) is 5.91 Å². The molecule has 0 unspecified atom stereocenters. The third-order valence-electron chi connectivity index (χ3n) is 3.34. The summed E-state index contributed by atoms with van der Waals surface area (Å²) in [6, 6.07) is 0. The lowest BCUT2D eigenvalue weighted by molar-refractivity contribution is -0.128. The van der Waals surface area contributed by atoms with Crippen molar-refractivity contribution in [1.82, 2.24) is 4.90 Å². The van der Waals surface area contributed by atoms with Crippen molar-refractivity contribution in [2.45, 2.75) is 34.1 Å². The van der Waals surface area contributed by atoms with E-state index in [-0.39, 0.29) is 5.91 Å². The Morgan fingerprint density at radius 2 is 2.08 bits per heavy atom. The fraction of sp³-hybridized carbons (Fsp3) is 0.900. The monoisotopic (exact) mass is 169 g/mol. The van der Waals surface area contributed by atoms with E-state index < -0.39 is 0 Å². The highest BCUT2D eigenvalue weighted by atomic mass is 16.2. The van der Waals surface area contributed by atoms with Gasteiger partial charge in [-0.3, -0.25) is 4.79 Å². The molecule has 0 radical (unpaired) electrons. The van der Waals surface area contributed by atoms with Crippen LogP contribution in [0.25, 0.3) is 0 Å². The zero-order valence-electron chi connectivity index (χ0n) is 8.55. The molecule has 0 aromatic carbocycles. The van der Waals surface area contributed by atoms with Crippen molar-refractivity contribution < 1.29 is 4.79 Å². The second-order valence-corrected chi connectivity index (χ2v) is 4.50. The molecule has 1 aliphatic heterocycles. The molecule has 2 nitrogen and oxygen atoms in total. The largest absolute Gasteiger partial charge is 0.342 e. The summed E-state index contributed by atoms with van der Waals surface area (Å²) in [5, 5.41) is 0. The summed E-state index contributed by atoms with van der Waals surface area (Å²) >= 11 is 0. The molecule has 2 heteroatoms. The van der Waals surface area contributed by atoms with Crippen LogP contribution in [0.3, 0.4) is 0 Å². The van der Waals surface area contributed by atoms with Crippen LogP contribution >= 0.6 is 0 Å². The van der Waals surface area contributed by atoms with Crippen molar-refractivity contribution in [2.24, 2.45) is 11.3 Å². The quantitative estimate of drug-likeness (QED) is 0.587. The van der Waals surface area contributed by atoms with Gasteiger partial charge in [0, 0.05) is 20.0 Å². The Labute approximate surface area is 74.9 Å². The molecule has 0 aromatic rings. The second-order valence-electron chi connectivity index (χ2n) is 4.50. The predicted molar refractivity (Wildman–Crippen MR) is 49.8 cm³/mol. The summed E-state index contributed by atoms with van der Waals surface area (Å²) in [5.41, 5.74) is 0.353. The third-order valence-corrected chi connectivity index (χ3v) is 3.34. The van der Waals surface area contributed by atoms with Gasteiger partial charge in [0.15, 0.2) is 0 Å². The van der Waals surface area contributed by atoms with Crippen LogP contribution in [0.2, 0.25) is 0 Å². The summed E-state index contributed by atoms with van der Waals surface area (Å²) in [7, 11) is 0. The number of carbonyl (C=O) groups is 1. The number of hydrogen-bond donors (Lipinski definition) is 0. The van der Waals surface area contributed by atoms with E-state index in [4.69, 9.17) is 0 Å². The highest BCUT2D eigenvalue weighted by molar-refractivity contribution is 5.73. The summed E-state index contributed by atoms with van der Waals surface area (Å²) in [4.78, 5) is 13.0. The maximum absolute atomic E-state index is 11.1. The molecule has 12 heavy (non-hydrogen) atoms. The van der Waals surface area contributed by atoms with Crippen LogP contribution < -0.4 is 0 Å². The van der Waals surface area contributed by atoms with Gasteiger partial charge in [-0.2, -0.15) is 0 Å². The molecule has 1 atom stereocenters. The molecule has 1 saturated heterocycles. The normalized spacial score (nSPS) is 29.9. The Hall–Kier alpha value is -0.530. The standard InChI is InChI=1S/C10H19NO/c1-8(2)10(4)5-6-11(7-10)9(3)12/h8H,5-7H2,1-4H3/t10-/m1/s1. The molecule has 0 spiro atoms. The van der Waals surface area contributed by atoms with Gasteiger partial charge in [-0.05, 0) is 17.8 Å². The molecule has 1 heterocycles. The van der Waals surface area contributed by atoms with Crippen LogP contribution in [0, 0.1) is 11.3 Å². The fourth-order valence-corrected chi connectivity index (χ4v) is 1.72. The van der Waals surface area contributed by atoms with E-state index in [1.165, 1.54) is 0 Å².